The molecule has 3 rings (SSSR count). The van der Waals surface area contributed by atoms with Crippen LogP contribution in [0.15, 0.2) is 30.1 Å². The summed E-state index contributed by atoms with van der Waals surface area (Å²) in [4.78, 5) is 8.71. The van der Waals surface area contributed by atoms with Gasteiger partial charge in [0.1, 0.15) is 23.1 Å². The first-order valence-electron chi connectivity index (χ1n) is 7.01. The first-order chi connectivity index (χ1) is 11.0. The van der Waals surface area contributed by atoms with E-state index < -0.39 is 12.1 Å². The predicted molar refractivity (Wildman–Crippen MR) is 81.0 cm³/mol. The first-order valence-corrected chi connectivity index (χ1v) is 7.01. The van der Waals surface area contributed by atoms with Crippen molar-refractivity contribution in [1.82, 2.24) is 14.5 Å². The van der Waals surface area contributed by atoms with Gasteiger partial charge in [-0.15, -0.1) is 0 Å². The summed E-state index contributed by atoms with van der Waals surface area (Å²) in [5.41, 5.74) is 12.0. The highest BCUT2D eigenvalue weighted by atomic mass is 19.3. The third kappa shape index (κ3) is 2.73. The molecule has 0 radical (unpaired) electrons. The van der Waals surface area contributed by atoms with Crippen LogP contribution in [-0.4, -0.2) is 21.0 Å². The van der Waals surface area contributed by atoms with Gasteiger partial charge < -0.3 is 16.0 Å². The zero-order valence-corrected chi connectivity index (χ0v) is 12.1. The van der Waals surface area contributed by atoms with Crippen molar-refractivity contribution in [3.8, 4) is 6.07 Å². The van der Waals surface area contributed by atoms with Crippen LogP contribution in [0.5, 0.6) is 0 Å². The molecule has 0 atom stereocenters. The van der Waals surface area contributed by atoms with Crippen LogP contribution in [0.2, 0.25) is 0 Å². The van der Waals surface area contributed by atoms with E-state index in [0.29, 0.717) is 22.6 Å². The summed E-state index contributed by atoms with van der Waals surface area (Å²) in [5.74, 6) is 0.427. The number of nitrogens with zero attached hydrogens (tertiary/aromatic N) is 4. The third-order valence-corrected chi connectivity index (χ3v) is 3.58. The van der Waals surface area contributed by atoms with Gasteiger partial charge in [-0.2, -0.15) is 5.26 Å². The first kappa shape index (κ1) is 15.0. The van der Waals surface area contributed by atoms with Gasteiger partial charge in [-0.25, -0.2) is 18.7 Å². The molecule has 1 aliphatic rings. The van der Waals surface area contributed by atoms with Gasteiger partial charge in [0.25, 0.3) is 6.43 Å². The average Bonchev–Trinajstić information content (AvgIpc) is 3.31. The van der Waals surface area contributed by atoms with Crippen LogP contribution >= 0.6 is 0 Å². The lowest BCUT2D eigenvalue weighted by Crippen LogP contribution is -2.09. The molecule has 0 unspecified atom stereocenters. The molecule has 0 aromatic carbocycles. The van der Waals surface area contributed by atoms with E-state index in [9.17, 15) is 8.78 Å². The van der Waals surface area contributed by atoms with E-state index in [1.165, 1.54) is 6.20 Å². The fraction of sp³-hybridized carbons (Fsp3) is 0.267. The fourth-order valence-corrected chi connectivity index (χ4v) is 2.35. The molecule has 1 saturated carbocycles. The smallest absolute Gasteiger partial charge is 0.277 e. The van der Waals surface area contributed by atoms with Crippen molar-refractivity contribution in [3.63, 3.8) is 0 Å². The molecule has 23 heavy (non-hydrogen) atoms. The van der Waals surface area contributed by atoms with Crippen LogP contribution < -0.4 is 11.5 Å². The van der Waals surface area contributed by atoms with Crippen molar-refractivity contribution in [2.24, 2.45) is 11.5 Å². The number of fused-ring (bicyclic) bond motifs is 1. The second-order valence-electron chi connectivity index (χ2n) is 5.25. The lowest BCUT2D eigenvalue weighted by molar-refractivity contribution is 0.188. The quantitative estimate of drug-likeness (QED) is 0.840. The summed E-state index contributed by atoms with van der Waals surface area (Å²) < 4.78 is 27.2. The predicted octanol–water partition coefficient (Wildman–Crippen LogP) is 2.05. The fourth-order valence-electron chi connectivity index (χ4n) is 2.35. The van der Waals surface area contributed by atoms with Crippen LogP contribution in [0, 0.1) is 11.3 Å². The number of nitriles is 1. The van der Waals surface area contributed by atoms with Crippen molar-refractivity contribution in [3.05, 3.63) is 41.6 Å². The number of hydrogen-bond donors (Lipinski definition) is 2. The minimum Gasteiger partial charge on any atom is -0.404 e. The average molecular weight is 316 g/mol. The zero-order valence-electron chi connectivity index (χ0n) is 12.1. The Morgan fingerprint density at radius 3 is 2.70 bits per heavy atom. The lowest BCUT2D eigenvalue weighted by atomic mass is 10.2. The number of hydrogen-bond acceptors (Lipinski definition) is 5. The molecule has 8 heteroatoms. The Labute approximate surface area is 130 Å². The summed E-state index contributed by atoms with van der Waals surface area (Å²) in [6.07, 6.45) is 1.41. The van der Waals surface area contributed by atoms with Crippen LogP contribution in [-0.2, 0) is 0 Å². The number of alkyl halides is 2. The second-order valence-corrected chi connectivity index (χ2v) is 5.25. The third-order valence-electron chi connectivity index (χ3n) is 3.58. The van der Waals surface area contributed by atoms with E-state index in [1.54, 1.807) is 12.1 Å². The highest BCUT2D eigenvalue weighted by Gasteiger charge is 2.30. The minimum atomic E-state index is -2.77. The van der Waals surface area contributed by atoms with Crippen molar-refractivity contribution >= 4 is 16.7 Å². The molecule has 2 heterocycles. The Morgan fingerprint density at radius 1 is 1.39 bits per heavy atom. The van der Waals surface area contributed by atoms with Crippen molar-refractivity contribution in [2.75, 3.05) is 0 Å². The van der Waals surface area contributed by atoms with Gasteiger partial charge in [-0.1, -0.05) is 0 Å². The molecular weight excluding hydrogens is 302 g/mol. The minimum absolute atomic E-state index is 0.174. The number of nitrogens with two attached hydrogens (primary N) is 2. The van der Waals surface area contributed by atoms with E-state index in [-0.39, 0.29) is 11.7 Å². The maximum Gasteiger partial charge on any atom is 0.277 e. The van der Waals surface area contributed by atoms with Gasteiger partial charge in [0.05, 0.1) is 5.70 Å². The summed E-state index contributed by atoms with van der Waals surface area (Å²) in [7, 11) is 0. The maximum absolute atomic E-state index is 12.7. The van der Waals surface area contributed by atoms with E-state index in [2.05, 4.69) is 9.97 Å². The molecule has 1 fully saturated rings. The summed E-state index contributed by atoms with van der Waals surface area (Å²) in [6.45, 7) is 0. The largest absolute Gasteiger partial charge is 0.404 e. The number of halogens is 2. The molecule has 0 spiro atoms. The molecule has 118 valence electrons. The standard InChI is InChI=1S/C15H14F2N6/c16-13(17)11(20)5-8(6-18)14-22-12-4-1-9(7-19)21-15(12)23(14)10-2-3-10/h1,4-6,10,13H,2-3,18,20H2/b8-6+,11-5-. The number of allylic oxidation sites excluding steroid dienone is 3. The molecule has 4 N–H and O–H groups in total. The van der Waals surface area contributed by atoms with Gasteiger partial charge in [-0.05, 0) is 31.1 Å². The molecule has 0 amide bonds. The molecule has 0 aliphatic heterocycles. The van der Waals surface area contributed by atoms with Gasteiger partial charge in [-0.3, -0.25) is 0 Å². The summed E-state index contributed by atoms with van der Waals surface area (Å²) in [5, 5.41) is 9.00. The molecular formula is C15H14F2N6. The van der Waals surface area contributed by atoms with E-state index >= 15 is 0 Å². The Balaban J connectivity index is 2.19. The summed E-state index contributed by atoms with van der Waals surface area (Å²) in [6, 6.07) is 5.40. The monoisotopic (exact) mass is 316 g/mol. The normalized spacial score (nSPS) is 16.1. The number of rotatable bonds is 4. The molecule has 2 aromatic heterocycles. The molecule has 0 saturated heterocycles. The summed E-state index contributed by atoms with van der Waals surface area (Å²) >= 11 is 0. The zero-order chi connectivity index (χ0) is 16.6. The maximum atomic E-state index is 12.7. The van der Waals surface area contributed by atoms with Crippen molar-refractivity contribution in [2.45, 2.75) is 25.3 Å². The van der Waals surface area contributed by atoms with Crippen molar-refractivity contribution in [1.29, 1.82) is 5.26 Å². The van der Waals surface area contributed by atoms with Crippen LogP contribution in [0.4, 0.5) is 8.78 Å². The van der Waals surface area contributed by atoms with E-state index in [0.717, 1.165) is 18.9 Å². The van der Waals surface area contributed by atoms with Gasteiger partial charge in [0, 0.05) is 17.8 Å². The Kier molecular flexibility index (Phi) is 3.70. The molecule has 0 bridgehead atoms. The van der Waals surface area contributed by atoms with Crippen LogP contribution in [0.25, 0.3) is 16.7 Å². The molecule has 1 aliphatic carbocycles. The van der Waals surface area contributed by atoms with Gasteiger partial charge in [0.2, 0.25) is 0 Å². The van der Waals surface area contributed by atoms with Gasteiger partial charge >= 0.3 is 0 Å². The Bertz CT molecular complexity index is 855. The van der Waals surface area contributed by atoms with Gasteiger partial charge in [0.15, 0.2) is 5.65 Å². The lowest BCUT2D eigenvalue weighted by Gasteiger charge is -2.08. The van der Waals surface area contributed by atoms with Crippen LogP contribution in [0.1, 0.15) is 30.4 Å². The van der Waals surface area contributed by atoms with E-state index in [1.807, 2.05) is 10.6 Å². The number of imidazole rings is 1. The Morgan fingerprint density at radius 2 is 2.13 bits per heavy atom. The highest BCUT2D eigenvalue weighted by Crippen LogP contribution is 2.39. The van der Waals surface area contributed by atoms with E-state index in [4.69, 9.17) is 16.7 Å². The van der Waals surface area contributed by atoms with Crippen molar-refractivity contribution < 1.29 is 8.78 Å². The highest BCUT2D eigenvalue weighted by molar-refractivity contribution is 5.80. The SMILES string of the molecule is N#Cc1ccc2nc(C(/C=C(\N)C(F)F)=C/N)n(C3CC3)c2n1. The topological polar surface area (TPSA) is 107 Å². The molecule has 6 nitrogen and oxygen atoms in total. The number of pyridine rings is 1. The Hall–Kier alpha value is -2.95. The molecule has 2 aromatic rings. The van der Waals surface area contributed by atoms with Crippen LogP contribution in [0.3, 0.4) is 0 Å². The number of aromatic nitrogens is 3. The second kappa shape index (κ2) is 5.68.